The minimum absolute atomic E-state index is 0.125. The number of nitrogens with zero attached hydrogens (tertiary/aromatic N) is 2. The summed E-state index contributed by atoms with van der Waals surface area (Å²) >= 11 is 0. The molecule has 2 aliphatic rings. The maximum Gasteiger partial charge on any atom is 0.282 e. The summed E-state index contributed by atoms with van der Waals surface area (Å²) in [5, 5.41) is 2.99. The van der Waals surface area contributed by atoms with Crippen LogP contribution in [0.5, 0.6) is 0 Å². The normalized spacial score (nSPS) is 24.7. The van der Waals surface area contributed by atoms with Gasteiger partial charge in [0.25, 0.3) is 10.2 Å². The first-order chi connectivity index (χ1) is 13.5. The first kappa shape index (κ1) is 19.1. The van der Waals surface area contributed by atoms with Gasteiger partial charge in [-0.1, -0.05) is 62.4 Å². The van der Waals surface area contributed by atoms with Gasteiger partial charge in [-0.05, 0) is 23.6 Å². The van der Waals surface area contributed by atoms with Gasteiger partial charge in [0.1, 0.15) is 0 Å². The van der Waals surface area contributed by atoms with E-state index in [1.54, 1.807) is 0 Å². The van der Waals surface area contributed by atoms with Gasteiger partial charge in [0.15, 0.2) is 0 Å². The average Bonchev–Trinajstić information content (AvgIpc) is 3.24. The van der Waals surface area contributed by atoms with Gasteiger partial charge in [-0.3, -0.25) is 4.79 Å². The van der Waals surface area contributed by atoms with Crippen LogP contribution < -0.4 is 5.32 Å². The van der Waals surface area contributed by atoms with Crippen molar-refractivity contribution in [3.8, 4) is 0 Å². The van der Waals surface area contributed by atoms with Gasteiger partial charge in [-0.25, -0.2) is 0 Å². The Bertz CT molecular complexity index is 989. The molecule has 1 saturated heterocycles. The highest BCUT2D eigenvalue weighted by Crippen LogP contribution is 2.55. The lowest BCUT2D eigenvalue weighted by Crippen LogP contribution is -2.47. The molecule has 148 valence electrons. The van der Waals surface area contributed by atoms with Crippen molar-refractivity contribution in [2.75, 3.05) is 25.0 Å². The third kappa shape index (κ3) is 2.61. The summed E-state index contributed by atoms with van der Waals surface area (Å²) < 4.78 is 29.9. The lowest BCUT2D eigenvalue weighted by atomic mass is 9.73. The van der Waals surface area contributed by atoms with Crippen LogP contribution in [0.4, 0.5) is 5.69 Å². The van der Waals surface area contributed by atoms with Crippen molar-refractivity contribution in [2.24, 2.45) is 0 Å². The van der Waals surface area contributed by atoms with Gasteiger partial charge >= 0.3 is 0 Å². The minimum Gasteiger partial charge on any atom is -0.325 e. The standard InChI is InChI=1S/C21H25N3O3S/c1-3-23(4-2)28(26,27)24-15-14-21(19(24)16-10-6-5-7-11-16)17-12-8-9-13-18(17)22-20(21)25/h5-13,19H,3-4,14-15H2,1-2H3,(H,22,25)/t19-,21+/m0/s1. The Morgan fingerprint density at radius 2 is 1.71 bits per heavy atom. The number of amides is 1. The molecule has 0 bridgehead atoms. The maximum absolute atomic E-state index is 13.5. The van der Waals surface area contributed by atoms with Crippen LogP contribution in [0.1, 0.15) is 37.4 Å². The highest BCUT2D eigenvalue weighted by Gasteiger charge is 2.61. The average molecular weight is 400 g/mol. The summed E-state index contributed by atoms with van der Waals surface area (Å²) in [6.07, 6.45) is 0.454. The fourth-order valence-electron chi connectivity index (χ4n) is 4.69. The molecule has 1 N–H and O–H groups in total. The Kier molecular flexibility index (Phi) is 4.77. The van der Waals surface area contributed by atoms with Crippen LogP contribution in [-0.2, 0) is 20.4 Å². The van der Waals surface area contributed by atoms with Crippen LogP contribution in [0.2, 0.25) is 0 Å². The molecule has 1 fully saturated rings. The zero-order valence-electron chi connectivity index (χ0n) is 16.1. The van der Waals surface area contributed by atoms with E-state index in [9.17, 15) is 13.2 Å². The van der Waals surface area contributed by atoms with E-state index in [2.05, 4.69) is 5.32 Å². The fraction of sp³-hybridized carbons (Fsp3) is 0.381. The molecule has 6 nitrogen and oxygen atoms in total. The van der Waals surface area contributed by atoms with Crippen LogP contribution >= 0.6 is 0 Å². The van der Waals surface area contributed by atoms with Crippen LogP contribution in [0.3, 0.4) is 0 Å². The van der Waals surface area contributed by atoms with Crippen LogP contribution in [0.15, 0.2) is 54.6 Å². The molecule has 1 amide bonds. The molecule has 28 heavy (non-hydrogen) atoms. The Hall–Kier alpha value is -2.22. The molecule has 4 rings (SSSR count). The third-order valence-corrected chi connectivity index (χ3v) is 8.14. The molecule has 0 radical (unpaired) electrons. The number of nitrogens with one attached hydrogen (secondary N) is 1. The Balaban J connectivity index is 1.92. The van der Waals surface area contributed by atoms with Gasteiger partial charge in [-0.2, -0.15) is 17.0 Å². The molecular formula is C21H25N3O3S. The number of fused-ring (bicyclic) bond motifs is 2. The molecule has 2 atom stereocenters. The van der Waals surface area contributed by atoms with Gasteiger partial charge in [0.05, 0.1) is 11.5 Å². The molecule has 1 spiro atoms. The van der Waals surface area contributed by atoms with Crippen molar-refractivity contribution in [1.29, 1.82) is 0 Å². The number of hydrogen-bond donors (Lipinski definition) is 1. The molecule has 0 aromatic heterocycles. The quantitative estimate of drug-likeness (QED) is 0.840. The largest absolute Gasteiger partial charge is 0.325 e. The lowest BCUT2D eigenvalue weighted by Gasteiger charge is -2.36. The van der Waals surface area contributed by atoms with Crippen molar-refractivity contribution in [2.45, 2.75) is 31.7 Å². The lowest BCUT2D eigenvalue weighted by molar-refractivity contribution is -0.121. The van der Waals surface area contributed by atoms with Crippen LogP contribution in [0, 0.1) is 0 Å². The zero-order chi connectivity index (χ0) is 19.9. The summed E-state index contributed by atoms with van der Waals surface area (Å²) in [5.74, 6) is -0.125. The van der Waals surface area contributed by atoms with E-state index in [4.69, 9.17) is 0 Å². The molecule has 0 unspecified atom stereocenters. The summed E-state index contributed by atoms with van der Waals surface area (Å²) in [6, 6.07) is 16.5. The first-order valence-corrected chi connectivity index (χ1v) is 11.1. The second-order valence-electron chi connectivity index (χ2n) is 7.24. The minimum atomic E-state index is -3.70. The number of benzene rings is 2. The third-order valence-electron chi connectivity index (χ3n) is 5.99. The Morgan fingerprint density at radius 3 is 2.39 bits per heavy atom. The van der Waals surface area contributed by atoms with Gasteiger partial charge < -0.3 is 5.32 Å². The smallest absolute Gasteiger partial charge is 0.282 e. The molecule has 0 saturated carbocycles. The molecule has 2 aromatic rings. The number of carbonyl (C=O) groups is 1. The highest BCUT2D eigenvalue weighted by atomic mass is 32.2. The predicted molar refractivity (Wildman–Crippen MR) is 109 cm³/mol. The molecule has 0 aliphatic carbocycles. The summed E-state index contributed by atoms with van der Waals surface area (Å²) in [5.41, 5.74) is 1.57. The molecule has 7 heteroatoms. The SMILES string of the molecule is CCN(CC)S(=O)(=O)N1CC[C@]2(C(=O)Nc3ccccc32)[C@@H]1c1ccccc1. The number of anilines is 1. The number of hydrogen-bond acceptors (Lipinski definition) is 3. The number of rotatable bonds is 5. The van der Waals surface area contributed by atoms with E-state index in [1.165, 1.54) is 8.61 Å². The summed E-state index contributed by atoms with van der Waals surface area (Å²) in [4.78, 5) is 13.3. The topological polar surface area (TPSA) is 69.7 Å². The molecule has 2 heterocycles. The van der Waals surface area contributed by atoms with Crippen molar-refractivity contribution >= 4 is 21.8 Å². The molecular weight excluding hydrogens is 374 g/mol. The summed E-state index contributed by atoms with van der Waals surface area (Å²) in [7, 11) is -3.70. The number of carbonyl (C=O) groups excluding carboxylic acids is 1. The Morgan fingerprint density at radius 1 is 1.07 bits per heavy atom. The second kappa shape index (κ2) is 6.99. The van der Waals surface area contributed by atoms with Gasteiger partial charge in [0, 0.05) is 25.3 Å². The summed E-state index contributed by atoms with van der Waals surface area (Å²) in [6.45, 7) is 4.77. The zero-order valence-corrected chi connectivity index (χ0v) is 16.9. The first-order valence-electron chi connectivity index (χ1n) is 9.69. The van der Waals surface area contributed by atoms with E-state index in [1.807, 2.05) is 68.4 Å². The van der Waals surface area contributed by atoms with E-state index in [0.29, 0.717) is 26.1 Å². The van der Waals surface area contributed by atoms with E-state index in [-0.39, 0.29) is 5.91 Å². The maximum atomic E-state index is 13.5. The van der Waals surface area contributed by atoms with Crippen molar-refractivity contribution in [3.05, 3.63) is 65.7 Å². The van der Waals surface area contributed by atoms with Gasteiger partial charge in [-0.15, -0.1) is 0 Å². The number of para-hydroxylation sites is 1. The van der Waals surface area contributed by atoms with Crippen molar-refractivity contribution in [1.82, 2.24) is 8.61 Å². The van der Waals surface area contributed by atoms with Crippen molar-refractivity contribution < 1.29 is 13.2 Å². The van der Waals surface area contributed by atoms with Crippen molar-refractivity contribution in [3.63, 3.8) is 0 Å². The second-order valence-corrected chi connectivity index (χ2v) is 9.12. The fourth-order valence-corrected chi connectivity index (χ4v) is 6.53. The van der Waals surface area contributed by atoms with Crippen LogP contribution in [0.25, 0.3) is 0 Å². The molecule has 2 aromatic carbocycles. The van der Waals surface area contributed by atoms with E-state index < -0.39 is 21.7 Å². The Labute approximate surface area is 166 Å². The van der Waals surface area contributed by atoms with Crippen LogP contribution in [-0.4, -0.2) is 42.6 Å². The molecule has 2 aliphatic heterocycles. The monoisotopic (exact) mass is 399 g/mol. The van der Waals surface area contributed by atoms with Gasteiger partial charge in [0.2, 0.25) is 5.91 Å². The van der Waals surface area contributed by atoms with E-state index >= 15 is 0 Å². The predicted octanol–water partition coefficient (Wildman–Crippen LogP) is 2.91. The van der Waals surface area contributed by atoms with E-state index in [0.717, 1.165) is 16.8 Å². The highest BCUT2D eigenvalue weighted by molar-refractivity contribution is 7.86.